The Hall–Kier alpha value is -1.74. The number of benzene rings is 2. The van der Waals surface area contributed by atoms with Crippen LogP contribution in [0.1, 0.15) is 16.4 Å². The fourth-order valence-electron chi connectivity index (χ4n) is 2.26. The van der Waals surface area contributed by atoms with E-state index in [9.17, 15) is 4.79 Å². The molecule has 0 bridgehead atoms. The molecule has 2 aromatic rings. The molecular formula is C16H15NOS. The van der Waals surface area contributed by atoms with Gasteiger partial charge < -0.3 is 4.90 Å². The van der Waals surface area contributed by atoms with Gasteiger partial charge in [0.2, 0.25) is 5.91 Å². The molecule has 1 aliphatic heterocycles. The van der Waals surface area contributed by atoms with Gasteiger partial charge in [-0.05, 0) is 24.6 Å². The number of thioether (sulfide) groups is 1. The molecule has 0 N–H and O–H groups in total. The Balaban J connectivity index is 2.01. The number of para-hydroxylation sites is 1. The van der Waals surface area contributed by atoms with E-state index >= 15 is 0 Å². The second kappa shape index (κ2) is 4.74. The average Bonchev–Trinajstić information content (AvgIpc) is 2.44. The third-order valence-corrected chi connectivity index (χ3v) is 4.72. The summed E-state index contributed by atoms with van der Waals surface area (Å²) in [5.74, 6) is 0.146. The van der Waals surface area contributed by atoms with Crippen molar-refractivity contribution in [1.29, 1.82) is 0 Å². The number of fused-ring (bicyclic) bond motifs is 1. The first-order valence-electron chi connectivity index (χ1n) is 6.26. The van der Waals surface area contributed by atoms with Crippen molar-refractivity contribution in [2.45, 2.75) is 17.1 Å². The van der Waals surface area contributed by atoms with E-state index in [1.54, 1.807) is 16.7 Å². The molecule has 3 heteroatoms. The Morgan fingerprint density at radius 3 is 2.47 bits per heavy atom. The number of carbonyl (C=O) groups excluding carboxylic acids is 1. The predicted octanol–water partition coefficient (Wildman–Crippen LogP) is 3.80. The van der Waals surface area contributed by atoms with Crippen molar-refractivity contribution in [2.24, 2.45) is 0 Å². The summed E-state index contributed by atoms with van der Waals surface area (Å²) in [7, 11) is 1.85. The molecule has 3 rings (SSSR count). The van der Waals surface area contributed by atoms with Crippen molar-refractivity contribution in [3.05, 3.63) is 59.7 Å². The number of nitrogens with zero attached hydrogens (tertiary/aromatic N) is 1. The van der Waals surface area contributed by atoms with Crippen LogP contribution >= 0.6 is 11.8 Å². The quantitative estimate of drug-likeness (QED) is 0.784. The van der Waals surface area contributed by atoms with Crippen LogP contribution in [0.25, 0.3) is 0 Å². The molecule has 0 saturated carbocycles. The lowest BCUT2D eigenvalue weighted by molar-refractivity contribution is -0.118. The first-order chi connectivity index (χ1) is 9.16. The van der Waals surface area contributed by atoms with Gasteiger partial charge in [0.05, 0.1) is 5.69 Å². The maximum absolute atomic E-state index is 12.5. The number of aryl methyl sites for hydroxylation is 1. The normalized spacial score (nSPS) is 18.3. The molecule has 0 spiro atoms. The van der Waals surface area contributed by atoms with Gasteiger partial charge in [0.1, 0.15) is 5.25 Å². The molecule has 1 aliphatic rings. The van der Waals surface area contributed by atoms with Crippen LogP contribution in [-0.4, -0.2) is 13.0 Å². The van der Waals surface area contributed by atoms with Gasteiger partial charge in [0, 0.05) is 11.9 Å². The van der Waals surface area contributed by atoms with E-state index in [4.69, 9.17) is 0 Å². The van der Waals surface area contributed by atoms with Crippen molar-refractivity contribution >= 4 is 23.4 Å². The summed E-state index contributed by atoms with van der Waals surface area (Å²) in [6.07, 6.45) is 0. The highest BCUT2D eigenvalue weighted by molar-refractivity contribution is 8.00. The van der Waals surface area contributed by atoms with Crippen LogP contribution in [0.4, 0.5) is 5.69 Å². The molecule has 0 radical (unpaired) electrons. The topological polar surface area (TPSA) is 20.3 Å². The van der Waals surface area contributed by atoms with Crippen LogP contribution in [0.3, 0.4) is 0 Å². The SMILES string of the molecule is Cc1ccc(C2Sc3ccccc3N(C)C2=O)cc1. The zero-order chi connectivity index (χ0) is 13.4. The van der Waals surface area contributed by atoms with Gasteiger partial charge in [-0.2, -0.15) is 0 Å². The molecule has 1 heterocycles. The highest BCUT2D eigenvalue weighted by Gasteiger charge is 2.32. The Morgan fingerprint density at radius 2 is 1.74 bits per heavy atom. The van der Waals surface area contributed by atoms with E-state index < -0.39 is 0 Å². The first-order valence-corrected chi connectivity index (χ1v) is 7.14. The minimum absolute atomic E-state index is 0.138. The van der Waals surface area contributed by atoms with Gasteiger partial charge in [-0.3, -0.25) is 4.79 Å². The van der Waals surface area contributed by atoms with Crippen molar-refractivity contribution in [3.8, 4) is 0 Å². The maximum atomic E-state index is 12.5. The van der Waals surface area contributed by atoms with Crippen LogP contribution in [0.5, 0.6) is 0 Å². The highest BCUT2D eigenvalue weighted by Crippen LogP contribution is 2.45. The fraction of sp³-hybridized carbons (Fsp3) is 0.188. The lowest BCUT2D eigenvalue weighted by Crippen LogP contribution is -2.33. The number of likely N-dealkylation sites (N-methyl/N-ethyl adjacent to an activating group) is 1. The monoisotopic (exact) mass is 269 g/mol. The molecule has 0 fully saturated rings. The van der Waals surface area contributed by atoms with Gasteiger partial charge in [0.15, 0.2) is 0 Å². The van der Waals surface area contributed by atoms with E-state index in [1.807, 2.05) is 37.4 Å². The molecule has 0 aromatic heterocycles. The van der Waals surface area contributed by atoms with Crippen molar-refractivity contribution in [3.63, 3.8) is 0 Å². The Bertz CT molecular complexity index is 621. The van der Waals surface area contributed by atoms with Gasteiger partial charge in [0.25, 0.3) is 0 Å². The molecule has 0 saturated heterocycles. The predicted molar refractivity (Wildman–Crippen MR) is 79.6 cm³/mol. The summed E-state index contributed by atoms with van der Waals surface area (Å²) >= 11 is 1.64. The second-order valence-electron chi connectivity index (χ2n) is 4.77. The van der Waals surface area contributed by atoms with Crippen molar-refractivity contribution in [2.75, 3.05) is 11.9 Å². The van der Waals surface area contributed by atoms with E-state index in [0.29, 0.717) is 0 Å². The zero-order valence-corrected chi connectivity index (χ0v) is 11.8. The summed E-state index contributed by atoms with van der Waals surface area (Å²) in [6.45, 7) is 2.06. The van der Waals surface area contributed by atoms with E-state index in [1.165, 1.54) is 5.56 Å². The number of amides is 1. The number of hydrogen-bond donors (Lipinski definition) is 0. The highest BCUT2D eigenvalue weighted by atomic mass is 32.2. The van der Waals surface area contributed by atoms with Gasteiger partial charge in [-0.15, -0.1) is 11.8 Å². The molecule has 19 heavy (non-hydrogen) atoms. The standard InChI is InChI=1S/C16H15NOS/c1-11-7-9-12(10-8-11)15-16(18)17(2)13-5-3-4-6-14(13)19-15/h3-10,15H,1-2H3. The number of anilines is 1. The maximum Gasteiger partial charge on any atom is 0.244 e. The van der Waals surface area contributed by atoms with Crippen molar-refractivity contribution < 1.29 is 4.79 Å². The fourth-order valence-corrected chi connectivity index (χ4v) is 3.55. The molecular weight excluding hydrogens is 254 g/mol. The third kappa shape index (κ3) is 2.15. The van der Waals surface area contributed by atoms with Crippen LogP contribution in [-0.2, 0) is 4.79 Å². The summed E-state index contributed by atoms with van der Waals surface area (Å²) in [6, 6.07) is 16.3. The Morgan fingerprint density at radius 1 is 1.05 bits per heavy atom. The molecule has 1 unspecified atom stereocenters. The van der Waals surface area contributed by atoms with E-state index in [2.05, 4.69) is 25.1 Å². The minimum atomic E-state index is -0.138. The molecule has 1 atom stereocenters. The Labute approximate surface area is 117 Å². The van der Waals surface area contributed by atoms with Crippen molar-refractivity contribution in [1.82, 2.24) is 0 Å². The lowest BCUT2D eigenvalue weighted by atomic mass is 10.1. The molecule has 1 amide bonds. The average molecular weight is 269 g/mol. The van der Waals surface area contributed by atoms with Gasteiger partial charge in [-0.1, -0.05) is 42.0 Å². The summed E-state index contributed by atoms with van der Waals surface area (Å²) < 4.78 is 0. The molecule has 2 aromatic carbocycles. The molecule has 0 aliphatic carbocycles. The smallest absolute Gasteiger partial charge is 0.244 e. The summed E-state index contributed by atoms with van der Waals surface area (Å²) in [5, 5.41) is -0.138. The number of carbonyl (C=O) groups is 1. The lowest BCUT2D eigenvalue weighted by Gasteiger charge is -2.31. The van der Waals surface area contributed by atoms with Crippen LogP contribution < -0.4 is 4.90 Å². The number of rotatable bonds is 1. The zero-order valence-electron chi connectivity index (χ0n) is 11.0. The number of hydrogen-bond acceptors (Lipinski definition) is 2. The van der Waals surface area contributed by atoms with Gasteiger partial charge >= 0.3 is 0 Å². The molecule has 96 valence electrons. The van der Waals surface area contributed by atoms with Crippen LogP contribution in [0, 0.1) is 6.92 Å². The molecule has 2 nitrogen and oxygen atoms in total. The third-order valence-electron chi connectivity index (χ3n) is 3.41. The Kier molecular flexibility index (Phi) is 3.07. The first kappa shape index (κ1) is 12.3. The second-order valence-corrected chi connectivity index (χ2v) is 5.92. The van der Waals surface area contributed by atoms with Crippen LogP contribution in [0.15, 0.2) is 53.4 Å². The van der Waals surface area contributed by atoms with E-state index in [0.717, 1.165) is 16.1 Å². The largest absolute Gasteiger partial charge is 0.313 e. The van der Waals surface area contributed by atoms with Gasteiger partial charge in [-0.25, -0.2) is 0 Å². The van der Waals surface area contributed by atoms with Crippen LogP contribution in [0.2, 0.25) is 0 Å². The summed E-state index contributed by atoms with van der Waals surface area (Å²) in [5.41, 5.74) is 3.29. The summed E-state index contributed by atoms with van der Waals surface area (Å²) in [4.78, 5) is 15.4. The van der Waals surface area contributed by atoms with E-state index in [-0.39, 0.29) is 11.2 Å². The minimum Gasteiger partial charge on any atom is -0.313 e.